The molecule has 0 aliphatic heterocycles. The van der Waals surface area contributed by atoms with Gasteiger partial charge in [0.05, 0.1) is 32.7 Å². The second kappa shape index (κ2) is 8.88. The molecule has 0 fully saturated rings. The molecule has 4 aromatic rings. The lowest BCUT2D eigenvalue weighted by molar-refractivity contribution is 0.505. The molecule has 0 unspecified atom stereocenters. The summed E-state index contributed by atoms with van der Waals surface area (Å²) < 4.78 is 30.7. The normalized spacial score (nSPS) is 12.6. The number of aryl methyl sites for hydroxylation is 1. The monoisotopic (exact) mass is 471 g/mol. The minimum absolute atomic E-state index is 0.258. The standard InChI is InChI=1S/C23H29N5O2S2/c1-6-27-21-12-11-17(32(29,30)26(4)5)13-19(21)24-22(27)15-31-23-25-18-9-7-8-10-20(18)28(23)14-16(2)3/h7-13,16H,6,14-15H2,1-5H3. The molecular formula is C23H29N5O2S2. The number of imidazole rings is 2. The van der Waals surface area contributed by atoms with Crippen LogP contribution >= 0.6 is 11.8 Å². The Morgan fingerprint density at radius 1 is 1.00 bits per heavy atom. The third kappa shape index (κ3) is 4.16. The number of benzene rings is 2. The molecule has 0 radical (unpaired) electrons. The van der Waals surface area contributed by atoms with Crippen molar-refractivity contribution in [1.29, 1.82) is 0 Å². The van der Waals surface area contributed by atoms with E-state index in [0.29, 0.717) is 17.2 Å². The van der Waals surface area contributed by atoms with Gasteiger partial charge in [-0.25, -0.2) is 22.7 Å². The second-order valence-electron chi connectivity index (χ2n) is 8.39. The number of hydrogen-bond donors (Lipinski definition) is 0. The summed E-state index contributed by atoms with van der Waals surface area (Å²) in [7, 11) is -0.426. The van der Waals surface area contributed by atoms with E-state index < -0.39 is 10.0 Å². The average molecular weight is 472 g/mol. The summed E-state index contributed by atoms with van der Waals surface area (Å²) in [6, 6.07) is 13.4. The van der Waals surface area contributed by atoms with Gasteiger partial charge in [0.1, 0.15) is 5.82 Å². The van der Waals surface area contributed by atoms with Crippen molar-refractivity contribution >= 4 is 43.9 Å². The molecule has 0 aliphatic rings. The van der Waals surface area contributed by atoms with Crippen LogP contribution in [0.15, 0.2) is 52.5 Å². The molecule has 0 aliphatic carbocycles. The van der Waals surface area contributed by atoms with Gasteiger partial charge in [0, 0.05) is 27.2 Å². The first-order chi connectivity index (χ1) is 15.2. The smallest absolute Gasteiger partial charge is 0.242 e. The highest BCUT2D eigenvalue weighted by molar-refractivity contribution is 7.98. The van der Waals surface area contributed by atoms with Crippen LogP contribution in [0.2, 0.25) is 0 Å². The van der Waals surface area contributed by atoms with Gasteiger partial charge in [0.15, 0.2) is 5.16 Å². The van der Waals surface area contributed by atoms with E-state index in [2.05, 4.69) is 36.0 Å². The molecule has 4 rings (SSSR count). The molecule has 0 saturated heterocycles. The number of aromatic nitrogens is 4. The van der Waals surface area contributed by atoms with Crippen LogP contribution in [-0.2, 0) is 28.9 Å². The van der Waals surface area contributed by atoms with Crippen molar-refractivity contribution in [2.75, 3.05) is 14.1 Å². The Hall–Kier alpha value is -2.36. The first-order valence-electron chi connectivity index (χ1n) is 10.7. The Morgan fingerprint density at radius 2 is 1.72 bits per heavy atom. The second-order valence-corrected chi connectivity index (χ2v) is 11.5. The Balaban J connectivity index is 1.69. The summed E-state index contributed by atoms with van der Waals surface area (Å²) in [6.45, 7) is 8.15. The SMILES string of the molecule is CCn1c(CSc2nc3ccccc3n2CC(C)C)nc2cc(S(=O)(=O)N(C)C)ccc21. The van der Waals surface area contributed by atoms with E-state index in [0.717, 1.165) is 40.6 Å². The fourth-order valence-electron chi connectivity index (χ4n) is 3.83. The molecule has 0 spiro atoms. The molecular weight excluding hydrogens is 442 g/mol. The van der Waals surface area contributed by atoms with Gasteiger partial charge in [-0.2, -0.15) is 0 Å². The van der Waals surface area contributed by atoms with Crippen molar-refractivity contribution in [2.45, 2.75) is 49.7 Å². The molecule has 7 nitrogen and oxygen atoms in total. The average Bonchev–Trinajstić information content (AvgIpc) is 3.28. The van der Waals surface area contributed by atoms with E-state index in [4.69, 9.17) is 9.97 Å². The highest BCUT2D eigenvalue weighted by Crippen LogP contribution is 2.29. The van der Waals surface area contributed by atoms with Crippen molar-refractivity contribution in [3.05, 3.63) is 48.3 Å². The van der Waals surface area contributed by atoms with Crippen LogP contribution in [0.5, 0.6) is 0 Å². The van der Waals surface area contributed by atoms with E-state index in [-0.39, 0.29) is 4.90 Å². The van der Waals surface area contributed by atoms with Crippen molar-refractivity contribution < 1.29 is 8.42 Å². The Kier molecular flexibility index (Phi) is 6.33. The summed E-state index contributed by atoms with van der Waals surface area (Å²) in [5, 5.41) is 0.977. The molecule has 2 aromatic carbocycles. The van der Waals surface area contributed by atoms with Crippen LogP contribution in [0.25, 0.3) is 22.1 Å². The third-order valence-corrected chi connectivity index (χ3v) is 8.17. The zero-order valence-electron chi connectivity index (χ0n) is 19.1. The van der Waals surface area contributed by atoms with Gasteiger partial charge in [-0.3, -0.25) is 0 Å². The van der Waals surface area contributed by atoms with Gasteiger partial charge < -0.3 is 9.13 Å². The largest absolute Gasteiger partial charge is 0.328 e. The minimum atomic E-state index is -3.50. The molecule has 0 N–H and O–H groups in total. The van der Waals surface area contributed by atoms with E-state index in [9.17, 15) is 8.42 Å². The summed E-state index contributed by atoms with van der Waals surface area (Å²) in [5.41, 5.74) is 3.78. The third-order valence-electron chi connectivity index (χ3n) is 5.39. The maximum Gasteiger partial charge on any atom is 0.242 e. The van der Waals surface area contributed by atoms with Crippen molar-refractivity contribution in [1.82, 2.24) is 23.4 Å². The van der Waals surface area contributed by atoms with E-state index in [1.807, 2.05) is 24.3 Å². The molecule has 9 heteroatoms. The molecule has 2 heterocycles. The number of rotatable bonds is 8. The zero-order valence-corrected chi connectivity index (χ0v) is 20.7. The maximum atomic E-state index is 12.5. The van der Waals surface area contributed by atoms with Gasteiger partial charge >= 0.3 is 0 Å². The van der Waals surface area contributed by atoms with Crippen LogP contribution < -0.4 is 0 Å². The Labute approximate surface area is 193 Å². The Morgan fingerprint density at radius 3 is 2.41 bits per heavy atom. The van der Waals surface area contributed by atoms with Gasteiger partial charge in [0.2, 0.25) is 10.0 Å². The van der Waals surface area contributed by atoms with Crippen LogP contribution in [0.3, 0.4) is 0 Å². The van der Waals surface area contributed by atoms with Gasteiger partial charge in [-0.05, 0) is 43.2 Å². The van der Waals surface area contributed by atoms with Gasteiger partial charge in [-0.15, -0.1) is 0 Å². The van der Waals surface area contributed by atoms with E-state index in [1.165, 1.54) is 18.4 Å². The van der Waals surface area contributed by atoms with Crippen molar-refractivity contribution in [3.63, 3.8) is 0 Å². The summed E-state index contributed by atoms with van der Waals surface area (Å²) in [5.74, 6) is 2.07. The van der Waals surface area contributed by atoms with Crippen LogP contribution in [0.4, 0.5) is 0 Å². The van der Waals surface area contributed by atoms with E-state index in [1.54, 1.807) is 23.9 Å². The lowest BCUT2D eigenvalue weighted by Gasteiger charge is -2.12. The number of sulfonamides is 1. The molecule has 0 amide bonds. The lowest BCUT2D eigenvalue weighted by Crippen LogP contribution is -2.22. The van der Waals surface area contributed by atoms with Gasteiger partial charge in [-0.1, -0.05) is 37.7 Å². The number of para-hydroxylation sites is 2. The van der Waals surface area contributed by atoms with Crippen LogP contribution in [0, 0.1) is 5.92 Å². The van der Waals surface area contributed by atoms with Crippen LogP contribution in [0.1, 0.15) is 26.6 Å². The first kappa shape index (κ1) is 22.8. The molecule has 0 atom stereocenters. The maximum absolute atomic E-state index is 12.5. The topological polar surface area (TPSA) is 73.0 Å². The van der Waals surface area contributed by atoms with Crippen molar-refractivity contribution in [3.8, 4) is 0 Å². The molecule has 0 saturated carbocycles. The molecule has 2 aromatic heterocycles. The molecule has 0 bridgehead atoms. The summed E-state index contributed by atoms with van der Waals surface area (Å²) in [6.07, 6.45) is 0. The van der Waals surface area contributed by atoms with E-state index >= 15 is 0 Å². The Bertz CT molecular complexity index is 1370. The van der Waals surface area contributed by atoms with Gasteiger partial charge in [0.25, 0.3) is 0 Å². The number of hydrogen-bond acceptors (Lipinski definition) is 5. The quantitative estimate of drug-likeness (QED) is 0.351. The predicted octanol–water partition coefficient (Wildman–Crippen LogP) is 4.60. The number of thioether (sulfide) groups is 1. The summed E-state index contributed by atoms with van der Waals surface area (Å²) >= 11 is 1.67. The fraction of sp³-hybridized carbons (Fsp3) is 0.391. The highest BCUT2D eigenvalue weighted by Gasteiger charge is 2.20. The first-order valence-corrected chi connectivity index (χ1v) is 13.1. The summed E-state index contributed by atoms with van der Waals surface area (Å²) in [4.78, 5) is 9.92. The van der Waals surface area contributed by atoms with Crippen LogP contribution in [-0.4, -0.2) is 45.9 Å². The number of fused-ring (bicyclic) bond motifs is 2. The van der Waals surface area contributed by atoms with Crippen molar-refractivity contribution in [2.24, 2.45) is 5.92 Å². The lowest BCUT2D eigenvalue weighted by atomic mass is 10.2. The highest BCUT2D eigenvalue weighted by atomic mass is 32.2. The zero-order chi connectivity index (χ0) is 23.0. The number of nitrogens with zero attached hydrogens (tertiary/aromatic N) is 5. The fourth-order valence-corrected chi connectivity index (χ4v) is 5.72. The predicted molar refractivity (Wildman–Crippen MR) is 130 cm³/mol. The molecule has 170 valence electrons. The minimum Gasteiger partial charge on any atom is -0.328 e. The molecule has 32 heavy (non-hydrogen) atoms.